The zero-order valence-corrected chi connectivity index (χ0v) is 38.3. The number of methoxy groups -OCH3 is 2. The van der Waals surface area contributed by atoms with E-state index in [4.69, 9.17) is 46.9 Å². The van der Waals surface area contributed by atoms with Crippen LogP contribution in [0.1, 0.15) is 76.7 Å². The second-order valence-corrected chi connectivity index (χ2v) is 16.8. The third kappa shape index (κ3) is 12.1. The first-order valence-electron chi connectivity index (χ1n) is 21.3. The number of carbonyl (C=O) groups excluding carboxylic acids is 3. The van der Waals surface area contributed by atoms with Crippen LogP contribution in [0.15, 0.2) is 60.7 Å². The van der Waals surface area contributed by atoms with Gasteiger partial charge in [-0.25, -0.2) is 9.59 Å². The Labute approximate surface area is 387 Å². The van der Waals surface area contributed by atoms with Crippen LogP contribution < -0.4 is 19.5 Å². The van der Waals surface area contributed by atoms with E-state index in [0.29, 0.717) is 54.2 Å². The lowest BCUT2D eigenvalue weighted by atomic mass is 9.93. The van der Waals surface area contributed by atoms with Gasteiger partial charge in [0, 0.05) is 36.0 Å². The van der Waals surface area contributed by atoms with Crippen molar-refractivity contribution in [1.82, 2.24) is 9.80 Å². The molecular formula is C48H53Cl2N3O12. The van der Waals surface area contributed by atoms with Gasteiger partial charge in [-0.1, -0.05) is 66.4 Å². The van der Waals surface area contributed by atoms with E-state index in [1.54, 1.807) is 24.3 Å². The average Bonchev–Trinajstić information content (AvgIpc) is 3.29. The Kier molecular flexibility index (Phi) is 16.7. The van der Waals surface area contributed by atoms with Crippen molar-refractivity contribution < 1.29 is 57.9 Å². The lowest BCUT2D eigenvalue weighted by Crippen LogP contribution is -2.44. The van der Waals surface area contributed by atoms with Crippen LogP contribution in [0.25, 0.3) is 11.1 Å². The summed E-state index contributed by atoms with van der Waals surface area (Å²) in [6, 6.07) is 16.3. The normalized spacial score (nSPS) is 16.6. The van der Waals surface area contributed by atoms with Crippen LogP contribution in [0.4, 0.5) is 5.69 Å². The zero-order chi connectivity index (χ0) is 46.8. The van der Waals surface area contributed by atoms with Crippen molar-refractivity contribution in [3.8, 4) is 28.4 Å². The van der Waals surface area contributed by atoms with Gasteiger partial charge in [-0.05, 0) is 105 Å². The molecule has 4 aromatic rings. The summed E-state index contributed by atoms with van der Waals surface area (Å²) in [5.41, 5.74) is 5.99. The van der Waals surface area contributed by atoms with Gasteiger partial charge in [0.1, 0.15) is 35.9 Å². The predicted octanol–water partition coefficient (Wildman–Crippen LogP) is 8.09. The molecule has 2 atom stereocenters. The second-order valence-electron chi connectivity index (χ2n) is 16.0. The Hall–Kier alpha value is -5.87. The molecule has 0 radical (unpaired) electrons. The van der Waals surface area contributed by atoms with Crippen molar-refractivity contribution in [2.45, 2.75) is 84.2 Å². The first kappa shape index (κ1) is 48.6. The highest BCUT2D eigenvalue weighted by Crippen LogP contribution is 2.38. The molecule has 65 heavy (non-hydrogen) atoms. The minimum absolute atomic E-state index is 0.0883. The number of likely N-dealkylation sites (tertiary alicyclic amines) is 2. The molecule has 0 unspecified atom stereocenters. The Morgan fingerprint density at radius 1 is 0.646 bits per heavy atom. The number of hydrogen-bond donors (Lipinski definition) is 3. The van der Waals surface area contributed by atoms with Crippen molar-refractivity contribution in [2.24, 2.45) is 0 Å². The SMILES string of the molecule is COC(=O)COc1cc(OCc2cccc(-c3cccc(NC(=O)c4cc(OCC(=O)OC)c(CN5CCCC[C@H]5C(=O)O)cc4Cl)c3C)c2C)c(Cl)cc1CN1CCCC[C@H]1C(=O)O. The van der Waals surface area contributed by atoms with Crippen molar-refractivity contribution in [1.29, 1.82) is 0 Å². The number of carbonyl (C=O) groups is 5. The second kappa shape index (κ2) is 22.4. The molecule has 17 heteroatoms. The summed E-state index contributed by atoms with van der Waals surface area (Å²) < 4.78 is 27.5. The summed E-state index contributed by atoms with van der Waals surface area (Å²) in [7, 11) is 2.49. The Morgan fingerprint density at radius 2 is 1.17 bits per heavy atom. The van der Waals surface area contributed by atoms with E-state index in [0.717, 1.165) is 53.5 Å². The van der Waals surface area contributed by atoms with Crippen LogP contribution in [0.2, 0.25) is 10.0 Å². The van der Waals surface area contributed by atoms with E-state index in [1.807, 2.05) is 54.0 Å². The van der Waals surface area contributed by atoms with Gasteiger partial charge in [0.15, 0.2) is 13.2 Å². The van der Waals surface area contributed by atoms with Crippen LogP contribution in [0, 0.1) is 13.8 Å². The molecule has 2 aliphatic heterocycles. The molecule has 6 rings (SSSR count). The zero-order valence-electron chi connectivity index (χ0n) is 36.7. The predicted molar refractivity (Wildman–Crippen MR) is 243 cm³/mol. The number of halogens is 2. The summed E-state index contributed by atoms with van der Waals surface area (Å²) in [5, 5.41) is 23.1. The van der Waals surface area contributed by atoms with E-state index in [-0.39, 0.29) is 47.7 Å². The van der Waals surface area contributed by atoms with Crippen LogP contribution in [-0.4, -0.2) is 102 Å². The maximum absolute atomic E-state index is 14.0. The molecule has 1 amide bonds. The third-order valence-corrected chi connectivity index (χ3v) is 12.5. The fourth-order valence-corrected chi connectivity index (χ4v) is 8.77. The molecule has 346 valence electrons. The monoisotopic (exact) mass is 933 g/mol. The average molecular weight is 935 g/mol. The molecule has 0 aromatic heterocycles. The van der Waals surface area contributed by atoms with E-state index < -0.39 is 48.5 Å². The summed E-state index contributed by atoms with van der Waals surface area (Å²) in [4.78, 5) is 65.8. The van der Waals surface area contributed by atoms with Gasteiger partial charge in [-0.15, -0.1) is 0 Å². The number of piperidine rings is 2. The smallest absolute Gasteiger partial charge is 0.343 e. The van der Waals surface area contributed by atoms with Crippen LogP contribution in [-0.2, 0) is 48.3 Å². The highest BCUT2D eigenvalue weighted by atomic mass is 35.5. The molecular weight excluding hydrogens is 881 g/mol. The van der Waals surface area contributed by atoms with Crippen molar-refractivity contribution in [3.05, 3.63) is 104 Å². The van der Waals surface area contributed by atoms with Gasteiger partial charge in [0.2, 0.25) is 0 Å². The summed E-state index contributed by atoms with van der Waals surface area (Å²) in [6.07, 6.45) is 4.32. The number of nitrogens with zero attached hydrogens (tertiary/aromatic N) is 2. The number of carboxylic acid groups (broad SMARTS) is 2. The summed E-state index contributed by atoms with van der Waals surface area (Å²) in [6.45, 7) is 4.73. The highest BCUT2D eigenvalue weighted by Gasteiger charge is 2.31. The number of amides is 1. The minimum atomic E-state index is -0.925. The number of benzene rings is 4. The Bertz CT molecular complexity index is 2430. The molecule has 0 aliphatic carbocycles. The molecule has 0 saturated carbocycles. The standard InChI is InChI=1S/C48H53Cl2N3O12/c1-28-30(25-63-43-22-42(65-27-45(55)62-4)32(20-37(43)50)24-53-18-8-6-16-40(53)48(59)60)11-9-12-33(28)34-13-10-14-38(29(34)2)51-46(56)35-21-41(64-26-44(54)61-3)31(19-36(35)49)23-52-17-7-5-15-39(52)47(57)58/h9-14,19-22,39-40H,5-8,15-18,23-27H2,1-4H3,(H,51,56)(H,57,58)(H,59,60)/t39-,40-/m0/s1. The summed E-state index contributed by atoms with van der Waals surface area (Å²) in [5.74, 6) is -2.75. The third-order valence-electron chi connectivity index (χ3n) is 11.9. The van der Waals surface area contributed by atoms with E-state index in [2.05, 4.69) is 5.32 Å². The van der Waals surface area contributed by atoms with Crippen LogP contribution >= 0.6 is 23.2 Å². The quantitative estimate of drug-likeness (QED) is 0.0812. The van der Waals surface area contributed by atoms with Crippen LogP contribution in [0.5, 0.6) is 17.2 Å². The lowest BCUT2D eigenvalue weighted by Gasteiger charge is -2.33. The van der Waals surface area contributed by atoms with Gasteiger partial charge >= 0.3 is 23.9 Å². The Morgan fingerprint density at radius 3 is 1.72 bits per heavy atom. The molecule has 2 aliphatic rings. The minimum Gasteiger partial charge on any atom is -0.487 e. The fraction of sp³-hybridized carbons (Fsp3) is 0.396. The number of aliphatic carboxylic acids is 2. The first-order valence-corrected chi connectivity index (χ1v) is 22.0. The number of anilines is 1. The number of esters is 2. The molecule has 2 fully saturated rings. The highest BCUT2D eigenvalue weighted by molar-refractivity contribution is 6.34. The molecule has 2 heterocycles. The largest absolute Gasteiger partial charge is 0.487 e. The molecule has 15 nitrogen and oxygen atoms in total. The van der Waals surface area contributed by atoms with Gasteiger partial charge < -0.3 is 39.2 Å². The maximum atomic E-state index is 14.0. The number of carboxylic acids is 2. The molecule has 4 aromatic carbocycles. The summed E-state index contributed by atoms with van der Waals surface area (Å²) >= 11 is 13.5. The number of rotatable bonds is 18. The van der Waals surface area contributed by atoms with Gasteiger partial charge in [0.05, 0.1) is 29.8 Å². The lowest BCUT2D eigenvalue weighted by molar-refractivity contribution is -0.145. The van der Waals surface area contributed by atoms with Crippen molar-refractivity contribution in [2.75, 3.05) is 45.8 Å². The topological polar surface area (TPSA) is 190 Å². The molecule has 3 N–H and O–H groups in total. The number of ether oxygens (including phenoxy) is 5. The molecule has 2 saturated heterocycles. The van der Waals surface area contributed by atoms with E-state index in [1.165, 1.54) is 20.3 Å². The molecule has 0 spiro atoms. The van der Waals surface area contributed by atoms with E-state index >= 15 is 0 Å². The number of nitrogens with one attached hydrogen (secondary N) is 1. The maximum Gasteiger partial charge on any atom is 0.343 e. The van der Waals surface area contributed by atoms with Gasteiger partial charge in [-0.3, -0.25) is 24.2 Å². The van der Waals surface area contributed by atoms with Crippen LogP contribution in [0.3, 0.4) is 0 Å². The van der Waals surface area contributed by atoms with Crippen molar-refractivity contribution in [3.63, 3.8) is 0 Å². The van der Waals surface area contributed by atoms with E-state index in [9.17, 15) is 34.2 Å². The van der Waals surface area contributed by atoms with Gasteiger partial charge in [0.25, 0.3) is 5.91 Å². The fourth-order valence-electron chi connectivity index (χ4n) is 8.26. The van der Waals surface area contributed by atoms with Crippen molar-refractivity contribution >= 4 is 58.7 Å². The first-order chi connectivity index (χ1) is 31.2. The molecule has 0 bridgehead atoms. The Balaban J connectivity index is 1.22. The number of hydrogen-bond acceptors (Lipinski definition) is 12. The van der Waals surface area contributed by atoms with Gasteiger partial charge in [-0.2, -0.15) is 0 Å².